The van der Waals surface area contributed by atoms with Crippen LogP contribution in [0.4, 0.5) is 0 Å². The van der Waals surface area contributed by atoms with Crippen LogP contribution in [0, 0.1) is 0 Å². The SMILES string of the molecule is O=C1CCC(=O)N1CCN(CCO)Cc1ccccc1. The van der Waals surface area contributed by atoms with Crippen LogP contribution in [0.5, 0.6) is 0 Å². The van der Waals surface area contributed by atoms with E-state index in [1.165, 1.54) is 4.90 Å². The predicted octanol–water partition coefficient (Wildman–Crippen LogP) is 0.630. The lowest BCUT2D eigenvalue weighted by molar-refractivity contribution is -0.138. The minimum absolute atomic E-state index is 0.0642. The normalized spacial score (nSPS) is 15.4. The maximum atomic E-state index is 11.6. The average molecular weight is 276 g/mol. The zero-order valence-corrected chi connectivity index (χ0v) is 11.5. The van der Waals surface area contributed by atoms with Crippen LogP contribution in [0.15, 0.2) is 30.3 Å². The van der Waals surface area contributed by atoms with Crippen LogP contribution in [-0.2, 0) is 16.1 Å². The first kappa shape index (κ1) is 14.7. The van der Waals surface area contributed by atoms with Crippen LogP contribution in [-0.4, -0.2) is 53.0 Å². The number of hydrogen-bond donors (Lipinski definition) is 1. The Morgan fingerprint density at radius 2 is 1.70 bits per heavy atom. The van der Waals surface area contributed by atoms with Crippen LogP contribution in [0.2, 0.25) is 0 Å². The Kier molecular flexibility index (Phi) is 5.26. The molecule has 1 N–H and O–H groups in total. The van der Waals surface area contributed by atoms with Gasteiger partial charge in [-0.1, -0.05) is 30.3 Å². The number of carbonyl (C=O) groups excluding carboxylic acids is 2. The van der Waals surface area contributed by atoms with Gasteiger partial charge in [0.05, 0.1) is 6.61 Å². The average Bonchev–Trinajstić information content (AvgIpc) is 2.77. The zero-order valence-electron chi connectivity index (χ0n) is 11.5. The number of hydrogen-bond acceptors (Lipinski definition) is 4. The van der Waals surface area contributed by atoms with Crippen LogP contribution < -0.4 is 0 Å². The molecule has 0 unspecified atom stereocenters. The summed E-state index contributed by atoms with van der Waals surface area (Å²) < 4.78 is 0. The third kappa shape index (κ3) is 3.88. The van der Waals surface area contributed by atoms with Crippen molar-refractivity contribution in [3.05, 3.63) is 35.9 Å². The largest absolute Gasteiger partial charge is 0.395 e. The van der Waals surface area contributed by atoms with Crippen molar-refractivity contribution in [1.82, 2.24) is 9.80 Å². The molecule has 0 saturated carbocycles. The standard InChI is InChI=1S/C15H20N2O3/c18-11-10-16(12-13-4-2-1-3-5-13)8-9-17-14(19)6-7-15(17)20/h1-5,18H,6-12H2. The highest BCUT2D eigenvalue weighted by Gasteiger charge is 2.28. The molecule has 0 spiro atoms. The van der Waals surface area contributed by atoms with Crippen molar-refractivity contribution in [1.29, 1.82) is 0 Å². The Hall–Kier alpha value is -1.72. The fourth-order valence-electron chi connectivity index (χ4n) is 2.37. The molecule has 1 saturated heterocycles. The van der Waals surface area contributed by atoms with Gasteiger partial charge < -0.3 is 5.11 Å². The summed E-state index contributed by atoms with van der Waals surface area (Å²) in [6.07, 6.45) is 0.662. The van der Waals surface area contributed by atoms with Crippen molar-refractivity contribution >= 4 is 11.8 Å². The molecule has 5 nitrogen and oxygen atoms in total. The number of rotatable bonds is 7. The molecule has 108 valence electrons. The van der Waals surface area contributed by atoms with Crippen molar-refractivity contribution < 1.29 is 14.7 Å². The van der Waals surface area contributed by atoms with Crippen LogP contribution in [0.1, 0.15) is 18.4 Å². The Balaban J connectivity index is 1.89. The molecule has 5 heteroatoms. The summed E-state index contributed by atoms with van der Waals surface area (Å²) in [5, 5.41) is 9.12. The number of benzene rings is 1. The molecule has 0 aromatic heterocycles. The van der Waals surface area contributed by atoms with Gasteiger partial charge in [-0.2, -0.15) is 0 Å². The van der Waals surface area contributed by atoms with E-state index in [-0.39, 0.29) is 18.4 Å². The molecule has 1 aliphatic rings. The summed E-state index contributed by atoms with van der Waals surface area (Å²) in [5.41, 5.74) is 1.15. The van der Waals surface area contributed by atoms with Gasteiger partial charge >= 0.3 is 0 Å². The van der Waals surface area contributed by atoms with E-state index in [1.54, 1.807) is 0 Å². The van der Waals surface area contributed by atoms with Crippen molar-refractivity contribution in [2.45, 2.75) is 19.4 Å². The first-order chi connectivity index (χ1) is 9.70. The number of likely N-dealkylation sites (tertiary alicyclic amines) is 1. The van der Waals surface area contributed by atoms with Gasteiger partial charge in [0.1, 0.15) is 0 Å². The third-order valence-corrected chi connectivity index (χ3v) is 3.46. The van der Waals surface area contributed by atoms with Crippen molar-refractivity contribution in [3.63, 3.8) is 0 Å². The van der Waals surface area contributed by atoms with E-state index < -0.39 is 0 Å². The zero-order chi connectivity index (χ0) is 14.4. The molecule has 2 amide bonds. The molecule has 2 rings (SSSR count). The van der Waals surface area contributed by atoms with Crippen molar-refractivity contribution in [2.24, 2.45) is 0 Å². The maximum absolute atomic E-state index is 11.6. The molecule has 0 aliphatic carbocycles. The van der Waals surface area contributed by atoms with E-state index in [9.17, 15) is 9.59 Å². The van der Waals surface area contributed by atoms with Crippen molar-refractivity contribution in [3.8, 4) is 0 Å². The lowest BCUT2D eigenvalue weighted by Crippen LogP contribution is -2.38. The smallest absolute Gasteiger partial charge is 0.229 e. The van der Waals surface area contributed by atoms with Gasteiger partial charge in [-0.25, -0.2) is 0 Å². The summed E-state index contributed by atoms with van der Waals surface area (Å²) in [6.45, 7) is 2.30. The van der Waals surface area contributed by atoms with Crippen molar-refractivity contribution in [2.75, 3.05) is 26.2 Å². The highest BCUT2D eigenvalue weighted by atomic mass is 16.3. The van der Waals surface area contributed by atoms with Gasteiger partial charge in [-0.05, 0) is 5.56 Å². The number of nitrogens with zero attached hydrogens (tertiary/aromatic N) is 2. The molecule has 0 bridgehead atoms. The Bertz CT molecular complexity index is 445. The second kappa shape index (κ2) is 7.17. The van der Waals surface area contributed by atoms with E-state index in [0.29, 0.717) is 39.0 Å². The molecule has 0 radical (unpaired) electrons. The third-order valence-electron chi connectivity index (χ3n) is 3.46. The fraction of sp³-hybridized carbons (Fsp3) is 0.467. The topological polar surface area (TPSA) is 60.9 Å². The van der Waals surface area contributed by atoms with Gasteiger partial charge in [-0.3, -0.25) is 19.4 Å². The maximum Gasteiger partial charge on any atom is 0.229 e. The number of aliphatic hydroxyl groups excluding tert-OH is 1. The van der Waals surface area contributed by atoms with Gasteiger partial charge in [-0.15, -0.1) is 0 Å². The van der Waals surface area contributed by atoms with Gasteiger partial charge in [0.25, 0.3) is 0 Å². The summed E-state index contributed by atoms with van der Waals surface area (Å²) >= 11 is 0. The number of carbonyl (C=O) groups is 2. The number of aliphatic hydroxyl groups is 1. The highest BCUT2D eigenvalue weighted by Crippen LogP contribution is 2.12. The molecule has 20 heavy (non-hydrogen) atoms. The van der Waals surface area contributed by atoms with Gasteiger partial charge in [0.2, 0.25) is 11.8 Å². The van der Waals surface area contributed by atoms with Crippen LogP contribution in [0.3, 0.4) is 0 Å². The second-order valence-electron chi connectivity index (χ2n) is 4.92. The van der Waals surface area contributed by atoms with E-state index in [1.807, 2.05) is 35.2 Å². The van der Waals surface area contributed by atoms with E-state index >= 15 is 0 Å². The molecular weight excluding hydrogens is 256 g/mol. The Morgan fingerprint density at radius 1 is 1.05 bits per heavy atom. The molecule has 1 fully saturated rings. The van der Waals surface area contributed by atoms with Gasteiger partial charge in [0.15, 0.2) is 0 Å². The minimum atomic E-state index is -0.0846. The summed E-state index contributed by atoms with van der Waals surface area (Å²) in [6, 6.07) is 9.95. The van der Waals surface area contributed by atoms with E-state index in [4.69, 9.17) is 5.11 Å². The fourth-order valence-corrected chi connectivity index (χ4v) is 2.37. The molecular formula is C15H20N2O3. The lowest BCUT2D eigenvalue weighted by Gasteiger charge is -2.24. The monoisotopic (exact) mass is 276 g/mol. The quantitative estimate of drug-likeness (QED) is 0.742. The highest BCUT2D eigenvalue weighted by molar-refractivity contribution is 6.01. The first-order valence-electron chi connectivity index (χ1n) is 6.91. The van der Waals surface area contributed by atoms with Crippen LogP contribution >= 0.6 is 0 Å². The molecule has 1 aromatic carbocycles. The summed E-state index contributed by atoms with van der Waals surface area (Å²) in [7, 11) is 0. The molecule has 0 atom stereocenters. The molecule has 1 heterocycles. The second-order valence-corrected chi connectivity index (χ2v) is 4.92. The first-order valence-corrected chi connectivity index (χ1v) is 6.91. The Morgan fingerprint density at radius 3 is 2.30 bits per heavy atom. The van der Waals surface area contributed by atoms with E-state index in [0.717, 1.165) is 5.56 Å². The van der Waals surface area contributed by atoms with Crippen LogP contribution in [0.25, 0.3) is 0 Å². The summed E-state index contributed by atoms with van der Waals surface area (Å²) in [4.78, 5) is 26.5. The van der Waals surface area contributed by atoms with Gasteiger partial charge in [0, 0.05) is 39.0 Å². The summed E-state index contributed by atoms with van der Waals surface area (Å²) in [5.74, 6) is -0.169. The minimum Gasteiger partial charge on any atom is -0.395 e. The number of amides is 2. The lowest BCUT2D eigenvalue weighted by atomic mass is 10.2. The molecule has 1 aliphatic heterocycles. The predicted molar refractivity (Wildman–Crippen MR) is 74.8 cm³/mol. The van der Waals surface area contributed by atoms with E-state index in [2.05, 4.69) is 0 Å². The number of imide groups is 1. The molecule has 1 aromatic rings. The Labute approximate surface area is 118 Å².